The average Bonchev–Trinajstić information content (AvgIpc) is 2.68. The van der Waals surface area contributed by atoms with Gasteiger partial charge in [0.15, 0.2) is 6.61 Å². The molecule has 0 radical (unpaired) electrons. The van der Waals surface area contributed by atoms with E-state index in [0.717, 1.165) is 9.13 Å². The lowest BCUT2D eigenvalue weighted by Crippen LogP contribution is -2.50. The molecule has 144 valence electrons. The van der Waals surface area contributed by atoms with Gasteiger partial charge in [0.05, 0.1) is 0 Å². The maximum atomic E-state index is 12.9. The van der Waals surface area contributed by atoms with Gasteiger partial charge in [-0.3, -0.25) is 9.59 Å². The van der Waals surface area contributed by atoms with Crippen LogP contribution in [0.1, 0.15) is 25.8 Å². The van der Waals surface area contributed by atoms with Crippen molar-refractivity contribution in [2.24, 2.45) is 0 Å². The van der Waals surface area contributed by atoms with Crippen molar-refractivity contribution in [3.8, 4) is 5.75 Å². The first kappa shape index (κ1) is 21.2. The molecule has 1 unspecified atom stereocenters. The summed E-state index contributed by atoms with van der Waals surface area (Å²) in [7, 11) is 0. The molecule has 1 atom stereocenters. The van der Waals surface area contributed by atoms with Gasteiger partial charge in [0.2, 0.25) is 5.91 Å². The molecule has 0 bridgehead atoms. The Morgan fingerprint density at radius 3 is 2.33 bits per heavy atom. The van der Waals surface area contributed by atoms with Gasteiger partial charge >= 0.3 is 0 Å². The minimum Gasteiger partial charge on any atom is -0.484 e. The lowest BCUT2D eigenvalue weighted by molar-refractivity contribution is -0.142. The lowest BCUT2D eigenvalue weighted by atomic mass is 10.1. The molecular formula is C21H25IN2O3. The molecule has 0 fully saturated rings. The molecule has 0 aliphatic rings. The Balaban J connectivity index is 2.14. The highest BCUT2D eigenvalue weighted by Crippen LogP contribution is 2.16. The monoisotopic (exact) mass is 480 g/mol. The maximum absolute atomic E-state index is 12.9. The summed E-state index contributed by atoms with van der Waals surface area (Å²) in [6.45, 7) is 4.57. The molecule has 0 aliphatic carbocycles. The number of halogens is 1. The Morgan fingerprint density at radius 1 is 1.07 bits per heavy atom. The highest BCUT2D eigenvalue weighted by Gasteiger charge is 2.28. The number of nitrogens with zero attached hydrogens (tertiary/aromatic N) is 1. The molecule has 2 amide bonds. The second kappa shape index (κ2) is 10.9. The van der Waals surface area contributed by atoms with Crippen LogP contribution in [-0.4, -0.2) is 35.9 Å². The van der Waals surface area contributed by atoms with Crippen LogP contribution in [0.3, 0.4) is 0 Å². The van der Waals surface area contributed by atoms with Crippen molar-refractivity contribution >= 4 is 34.4 Å². The van der Waals surface area contributed by atoms with Gasteiger partial charge < -0.3 is 15.0 Å². The van der Waals surface area contributed by atoms with Gasteiger partial charge in [0.25, 0.3) is 5.91 Å². The number of nitrogens with one attached hydrogen (secondary N) is 1. The van der Waals surface area contributed by atoms with E-state index in [4.69, 9.17) is 4.74 Å². The van der Waals surface area contributed by atoms with Crippen molar-refractivity contribution < 1.29 is 14.3 Å². The van der Waals surface area contributed by atoms with Gasteiger partial charge in [-0.05, 0) is 65.8 Å². The largest absolute Gasteiger partial charge is 0.484 e. The lowest BCUT2D eigenvalue weighted by Gasteiger charge is -2.30. The van der Waals surface area contributed by atoms with Crippen molar-refractivity contribution in [2.75, 3.05) is 13.2 Å². The second-order valence-electron chi connectivity index (χ2n) is 6.07. The Bertz CT molecular complexity index is 735. The number of likely N-dealkylation sites (N-methyl/N-ethyl adjacent to an activating group) is 1. The summed E-state index contributed by atoms with van der Waals surface area (Å²) in [5.41, 5.74) is 0.975. The van der Waals surface area contributed by atoms with E-state index in [1.54, 1.807) is 4.90 Å². The molecule has 6 heteroatoms. The van der Waals surface area contributed by atoms with Gasteiger partial charge in [-0.1, -0.05) is 37.3 Å². The van der Waals surface area contributed by atoms with Gasteiger partial charge in [0.1, 0.15) is 11.8 Å². The summed E-state index contributed by atoms with van der Waals surface area (Å²) < 4.78 is 6.75. The molecule has 0 spiro atoms. The van der Waals surface area contributed by atoms with Crippen LogP contribution >= 0.6 is 22.6 Å². The Kier molecular flexibility index (Phi) is 8.57. The molecule has 0 aliphatic heterocycles. The molecule has 1 N–H and O–H groups in total. The number of carbonyl (C=O) groups excluding carboxylic acids is 2. The van der Waals surface area contributed by atoms with E-state index in [2.05, 4.69) is 27.9 Å². The number of carbonyl (C=O) groups is 2. The number of ether oxygens (including phenoxy) is 1. The van der Waals surface area contributed by atoms with Crippen molar-refractivity contribution in [1.82, 2.24) is 10.2 Å². The predicted octanol–water partition coefficient (Wildman–Crippen LogP) is 3.61. The topological polar surface area (TPSA) is 58.6 Å². The first-order chi connectivity index (χ1) is 13.0. The zero-order valence-corrected chi connectivity index (χ0v) is 17.8. The van der Waals surface area contributed by atoms with Gasteiger partial charge in [0, 0.05) is 16.7 Å². The minimum absolute atomic E-state index is 0.108. The molecule has 0 heterocycles. The molecular weight excluding hydrogens is 455 g/mol. The molecule has 27 heavy (non-hydrogen) atoms. The fourth-order valence-corrected chi connectivity index (χ4v) is 3.11. The first-order valence-electron chi connectivity index (χ1n) is 9.04. The van der Waals surface area contributed by atoms with Crippen LogP contribution in [0, 0.1) is 3.57 Å². The maximum Gasteiger partial charge on any atom is 0.261 e. The summed E-state index contributed by atoms with van der Waals surface area (Å²) in [6, 6.07) is 16.6. The van der Waals surface area contributed by atoms with E-state index in [0.29, 0.717) is 25.3 Å². The highest BCUT2D eigenvalue weighted by molar-refractivity contribution is 14.1. The second-order valence-corrected chi connectivity index (χ2v) is 7.31. The Hall–Kier alpha value is -2.09. The average molecular weight is 480 g/mol. The molecule has 2 aromatic rings. The molecule has 5 nitrogen and oxygen atoms in total. The van der Waals surface area contributed by atoms with Crippen molar-refractivity contribution in [3.63, 3.8) is 0 Å². The molecule has 0 saturated carbocycles. The first-order valence-corrected chi connectivity index (χ1v) is 10.1. The third-order valence-electron chi connectivity index (χ3n) is 4.11. The third-order valence-corrected chi connectivity index (χ3v) is 4.83. The number of hydrogen-bond donors (Lipinski definition) is 1. The van der Waals surface area contributed by atoms with E-state index in [1.807, 2.05) is 68.4 Å². The predicted molar refractivity (Wildman–Crippen MR) is 114 cm³/mol. The number of benzene rings is 2. The van der Waals surface area contributed by atoms with Crippen LogP contribution in [0.15, 0.2) is 54.6 Å². The van der Waals surface area contributed by atoms with Crippen LogP contribution in [0.4, 0.5) is 0 Å². The van der Waals surface area contributed by atoms with E-state index in [9.17, 15) is 9.59 Å². The van der Waals surface area contributed by atoms with Gasteiger partial charge in [-0.25, -0.2) is 0 Å². The third kappa shape index (κ3) is 6.53. The Labute approximate surface area is 174 Å². The van der Waals surface area contributed by atoms with Gasteiger partial charge in [-0.15, -0.1) is 0 Å². The van der Waals surface area contributed by atoms with Crippen LogP contribution < -0.4 is 10.1 Å². The normalized spacial score (nSPS) is 11.5. The van der Waals surface area contributed by atoms with Crippen LogP contribution in [0.5, 0.6) is 5.75 Å². The summed E-state index contributed by atoms with van der Waals surface area (Å²) in [4.78, 5) is 27.0. The standard InChI is InChI=1S/C21H25IN2O3/c1-3-19(21(26)23-4-2)24(14-16-8-6-5-7-9-16)20(25)15-27-18-12-10-17(22)11-13-18/h5-13,19H,3-4,14-15H2,1-2H3,(H,23,26). The summed E-state index contributed by atoms with van der Waals surface area (Å²) in [6.07, 6.45) is 0.536. The van der Waals surface area contributed by atoms with E-state index >= 15 is 0 Å². The number of amides is 2. The molecule has 2 rings (SSSR count). The molecule has 0 aromatic heterocycles. The van der Waals surface area contributed by atoms with Crippen molar-refractivity contribution in [1.29, 1.82) is 0 Å². The zero-order chi connectivity index (χ0) is 19.6. The van der Waals surface area contributed by atoms with E-state index < -0.39 is 6.04 Å². The van der Waals surface area contributed by atoms with Crippen LogP contribution in [-0.2, 0) is 16.1 Å². The smallest absolute Gasteiger partial charge is 0.261 e. The van der Waals surface area contributed by atoms with Crippen molar-refractivity contribution in [2.45, 2.75) is 32.9 Å². The molecule has 0 saturated heterocycles. The fraction of sp³-hybridized carbons (Fsp3) is 0.333. The zero-order valence-electron chi connectivity index (χ0n) is 15.7. The fourth-order valence-electron chi connectivity index (χ4n) is 2.75. The highest BCUT2D eigenvalue weighted by atomic mass is 127. The van der Waals surface area contributed by atoms with Crippen LogP contribution in [0.2, 0.25) is 0 Å². The van der Waals surface area contributed by atoms with E-state index in [-0.39, 0.29) is 18.4 Å². The van der Waals surface area contributed by atoms with Crippen LogP contribution in [0.25, 0.3) is 0 Å². The summed E-state index contributed by atoms with van der Waals surface area (Å²) >= 11 is 2.21. The minimum atomic E-state index is -0.530. The molecule has 2 aromatic carbocycles. The number of rotatable bonds is 9. The number of hydrogen-bond acceptors (Lipinski definition) is 3. The Morgan fingerprint density at radius 2 is 1.74 bits per heavy atom. The summed E-state index contributed by atoms with van der Waals surface area (Å²) in [5, 5.41) is 2.82. The van der Waals surface area contributed by atoms with E-state index in [1.165, 1.54) is 0 Å². The van der Waals surface area contributed by atoms with Gasteiger partial charge in [-0.2, -0.15) is 0 Å². The quantitative estimate of drug-likeness (QED) is 0.558. The van der Waals surface area contributed by atoms with Crippen molar-refractivity contribution in [3.05, 3.63) is 63.7 Å². The SMILES string of the molecule is CCNC(=O)C(CC)N(Cc1ccccc1)C(=O)COc1ccc(I)cc1. The summed E-state index contributed by atoms with van der Waals surface area (Å²) in [5.74, 6) is 0.281.